The molecule has 1 fully saturated rings. The number of benzene rings is 1. The number of azide groups is 1. The van der Waals surface area contributed by atoms with Crippen molar-refractivity contribution >= 4 is 45.2 Å². The number of ketones is 2. The van der Waals surface area contributed by atoms with Gasteiger partial charge in [-0.3, -0.25) is 28.7 Å². The predicted octanol–water partition coefficient (Wildman–Crippen LogP) is 2.68. The third-order valence-electron chi connectivity index (χ3n) is 8.20. The molecule has 1 aliphatic heterocycles. The van der Waals surface area contributed by atoms with Gasteiger partial charge in [-0.25, -0.2) is 19.6 Å². The molecule has 0 bridgehead atoms. The minimum absolute atomic E-state index is 0.0927. The number of rotatable bonds is 6. The first-order valence-corrected chi connectivity index (χ1v) is 15.3. The summed E-state index contributed by atoms with van der Waals surface area (Å²) in [6, 6.07) is 11.3. The van der Waals surface area contributed by atoms with Crippen molar-refractivity contribution in [3.63, 3.8) is 0 Å². The summed E-state index contributed by atoms with van der Waals surface area (Å²) in [5.41, 5.74) is 9.15. The normalized spacial score (nSPS) is 18.0. The number of aromatic carboxylic acids is 1. The van der Waals surface area contributed by atoms with E-state index in [0.717, 1.165) is 17.0 Å². The van der Waals surface area contributed by atoms with Gasteiger partial charge in [0, 0.05) is 52.4 Å². The number of carbonyl (C=O) groups is 4. The van der Waals surface area contributed by atoms with E-state index in [-0.39, 0.29) is 47.1 Å². The number of carbonyl (C=O) groups excluding carboxylic acids is 3. The molecule has 258 valence electrons. The Hall–Kier alpha value is -6.75. The SMILES string of the molecule is CC(=O)NC1=CC(=O)c2ccc(-c3nc(C(=O)O)cc4c3[nH]c3ccccc34)nc2C1=O.Cc1cn([C@H]2C[C@H](N=[N+]=[N-])[C@@H](CO)O2)c(=O)[nH]c1=O. The summed E-state index contributed by atoms with van der Waals surface area (Å²) >= 11 is 0. The minimum Gasteiger partial charge on any atom is -0.477 e. The molecule has 5 aromatic rings. The number of H-pyrrole nitrogens is 2. The minimum atomic E-state index is -1.21. The molecule has 4 aromatic heterocycles. The van der Waals surface area contributed by atoms with Crippen molar-refractivity contribution < 1.29 is 34.1 Å². The lowest BCUT2D eigenvalue weighted by Gasteiger charge is -2.15. The molecule has 5 heterocycles. The number of nitrogens with zero attached hydrogens (tertiary/aromatic N) is 6. The molecule has 1 amide bonds. The number of hydrogen-bond acceptors (Lipinski definition) is 11. The smallest absolute Gasteiger partial charge is 0.354 e. The number of aliphatic hydroxyl groups is 1. The zero-order chi connectivity index (χ0) is 36.6. The van der Waals surface area contributed by atoms with E-state index in [4.69, 9.17) is 15.4 Å². The maximum atomic E-state index is 12.8. The van der Waals surface area contributed by atoms with Crippen LogP contribution in [0.15, 0.2) is 75.1 Å². The molecule has 5 N–H and O–H groups in total. The topological polar surface area (TPSA) is 275 Å². The molecule has 7 rings (SSSR count). The van der Waals surface area contributed by atoms with Crippen LogP contribution in [0, 0.1) is 6.92 Å². The predicted molar refractivity (Wildman–Crippen MR) is 179 cm³/mol. The van der Waals surface area contributed by atoms with Crippen molar-refractivity contribution in [1.29, 1.82) is 0 Å². The molecule has 3 atom stereocenters. The average Bonchev–Trinajstić information content (AvgIpc) is 3.69. The number of fused-ring (bicyclic) bond motifs is 4. The van der Waals surface area contributed by atoms with E-state index in [0.29, 0.717) is 16.5 Å². The highest BCUT2D eigenvalue weighted by atomic mass is 16.5. The first kappa shape index (κ1) is 34.1. The van der Waals surface area contributed by atoms with Crippen LogP contribution in [0.5, 0.6) is 0 Å². The van der Waals surface area contributed by atoms with E-state index >= 15 is 0 Å². The fourth-order valence-electron chi connectivity index (χ4n) is 5.83. The van der Waals surface area contributed by atoms with Crippen LogP contribution in [-0.4, -0.2) is 76.9 Å². The Kier molecular flexibility index (Phi) is 9.12. The Bertz CT molecular complexity index is 2490. The van der Waals surface area contributed by atoms with Crippen molar-refractivity contribution in [2.75, 3.05) is 6.61 Å². The third kappa shape index (κ3) is 6.52. The number of carboxylic acid groups (broad SMARTS) is 1. The Balaban J connectivity index is 0.000000202. The number of allylic oxidation sites excluding steroid dienone is 2. The van der Waals surface area contributed by atoms with Gasteiger partial charge in [0.05, 0.1) is 41.2 Å². The molecular formula is C33H27N9O9. The number of pyridine rings is 2. The summed E-state index contributed by atoms with van der Waals surface area (Å²) in [4.78, 5) is 88.1. The number of amides is 1. The quantitative estimate of drug-likeness (QED) is 0.0979. The third-order valence-corrected chi connectivity index (χ3v) is 8.20. The molecule has 0 unspecified atom stereocenters. The van der Waals surface area contributed by atoms with Crippen molar-refractivity contribution in [2.24, 2.45) is 5.11 Å². The summed E-state index contributed by atoms with van der Waals surface area (Å²) in [5.74, 6) is -2.78. The van der Waals surface area contributed by atoms with E-state index in [1.165, 1.54) is 35.9 Å². The van der Waals surface area contributed by atoms with Crippen molar-refractivity contribution in [1.82, 2.24) is 29.8 Å². The number of aliphatic hydroxyl groups excluding tert-OH is 1. The summed E-state index contributed by atoms with van der Waals surface area (Å²) in [6.45, 7) is 2.49. The summed E-state index contributed by atoms with van der Waals surface area (Å²) in [7, 11) is 0. The lowest BCUT2D eigenvalue weighted by atomic mass is 9.96. The van der Waals surface area contributed by atoms with Crippen LogP contribution in [0.1, 0.15) is 56.5 Å². The molecule has 0 spiro atoms. The second kappa shape index (κ2) is 13.6. The second-order valence-corrected chi connectivity index (χ2v) is 11.6. The van der Waals surface area contributed by atoms with Gasteiger partial charge >= 0.3 is 11.7 Å². The van der Waals surface area contributed by atoms with E-state index in [2.05, 4.69) is 35.3 Å². The standard InChI is InChI=1S/C23H14N4O5.C10H13N5O4/c1-10(28)24-16-9-18(29)12-6-7-15(26-20(12)22(16)30)21-19-13(8-17(27-21)23(31)32)11-4-2-3-5-14(11)25-19;1-5-3-15(10(18)12-9(5)17)8-2-6(13-14-11)7(4-16)19-8/h2-9,25H,1H3,(H,24,28)(H,31,32);3,6-8,16H,2,4H2,1H3,(H,12,17,18)/t;6-,7+,8+/m.0/s1. The average molecular weight is 694 g/mol. The molecule has 18 nitrogen and oxygen atoms in total. The van der Waals surface area contributed by atoms with E-state index < -0.39 is 53.1 Å². The number of Topliss-reactive ketones (excluding diaryl/α,β-unsaturated/α-hetero) is 1. The molecule has 1 aliphatic carbocycles. The van der Waals surface area contributed by atoms with Crippen LogP contribution in [0.2, 0.25) is 0 Å². The summed E-state index contributed by atoms with van der Waals surface area (Å²) in [6.07, 6.45) is 1.39. The maximum Gasteiger partial charge on any atom is 0.354 e. The van der Waals surface area contributed by atoms with Crippen LogP contribution in [0.4, 0.5) is 0 Å². The molecule has 0 radical (unpaired) electrons. The Morgan fingerprint density at radius 3 is 2.57 bits per heavy atom. The number of aryl methyl sites for hydroxylation is 1. The highest BCUT2D eigenvalue weighted by molar-refractivity contribution is 6.24. The van der Waals surface area contributed by atoms with E-state index in [9.17, 15) is 33.9 Å². The molecule has 0 saturated carbocycles. The lowest BCUT2D eigenvalue weighted by Crippen LogP contribution is -2.33. The zero-order valence-corrected chi connectivity index (χ0v) is 26.8. The van der Waals surface area contributed by atoms with Gasteiger partial charge in [-0.05, 0) is 36.7 Å². The highest BCUT2D eigenvalue weighted by Gasteiger charge is 2.36. The van der Waals surface area contributed by atoms with Gasteiger partial charge in [0.15, 0.2) is 5.78 Å². The fraction of sp³-hybridized carbons (Fsp3) is 0.212. The number of nitrogens with one attached hydrogen (secondary N) is 3. The number of ether oxygens (including phenoxy) is 1. The van der Waals surface area contributed by atoms with Gasteiger partial charge < -0.3 is 25.3 Å². The number of aromatic amines is 2. The van der Waals surface area contributed by atoms with E-state index in [1.807, 2.05) is 24.3 Å². The first-order chi connectivity index (χ1) is 24.4. The Labute approximate surface area is 285 Å². The summed E-state index contributed by atoms with van der Waals surface area (Å²) in [5, 5.41) is 26.0. The van der Waals surface area contributed by atoms with E-state index in [1.54, 1.807) is 6.92 Å². The largest absolute Gasteiger partial charge is 0.477 e. The number of para-hydroxylation sites is 1. The van der Waals surface area contributed by atoms with Crippen LogP contribution in [0.3, 0.4) is 0 Å². The number of aromatic nitrogens is 5. The highest BCUT2D eigenvalue weighted by Crippen LogP contribution is 2.33. The molecule has 51 heavy (non-hydrogen) atoms. The van der Waals surface area contributed by atoms with Crippen LogP contribution >= 0.6 is 0 Å². The van der Waals surface area contributed by atoms with Gasteiger partial charge in [-0.1, -0.05) is 23.3 Å². The van der Waals surface area contributed by atoms with Gasteiger partial charge in [0.25, 0.3) is 5.56 Å². The van der Waals surface area contributed by atoms with Crippen LogP contribution in [0.25, 0.3) is 43.6 Å². The maximum absolute atomic E-state index is 12.8. The van der Waals surface area contributed by atoms with Crippen LogP contribution < -0.4 is 16.6 Å². The van der Waals surface area contributed by atoms with Crippen molar-refractivity contribution in [3.05, 3.63) is 114 Å². The molecule has 18 heteroatoms. The fourth-order valence-corrected chi connectivity index (χ4v) is 5.83. The van der Waals surface area contributed by atoms with Gasteiger partial charge in [0.1, 0.15) is 23.3 Å². The Morgan fingerprint density at radius 1 is 1.10 bits per heavy atom. The van der Waals surface area contributed by atoms with Gasteiger partial charge in [-0.2, -0.15) is 0 Å². The second-order valence-electron chi connectivity index (χ2n) is 11.6. The van der Waals surface area contributed by atoms with Gasteiger partial charge in [0.2, 0.25) is 11.7 Å². The number of carboxylic acids is 1. The first-order valence-electron chi connectivity index (χ1n) is 15.3. The molecule has 1 saturated heterocycles. The van der Waals surface area contributed by atoms with Gasteiger partial charge in [-0.15, -0.1) is 0 Å². The Morgan fingerprint density at radius 2 is 1.86 bits per heavy atom. The lowest BCUT2D eigenvalue weighted by molar-refractivity contribution is -0.118. The van der Waals surface area contributed by atoms with Crippen LogP contribution in [-0.2, 0) is 9.53 Å². The summed E-state index contributed by atoms with van der Waals surface area (Å²) < 4.78 is 6.69. The molecule has 1 aromatic carbocycles. The zero-order valence-electron chi connectivity index (χ0n) is 26.8. The van der Waals surface area contributed by atoms with Crippen molar-refractivity contribution in [3.8, 4) is 11.4 Å². The monoisotopic (exact) mass is 693 g/mol. The van der Waals surface area contributed by atoms with Crippen molar-refractivity contribution in [2.45, 2.75) is 38.6 Å². The molecular weight excluding hydrogens is 666 g/mol. The molecule has 2 aliphatic rings. The number of hydrogen-bond donors (Lipinski definition) is 5.